The average Bonchev–Trinajstić information content (AvgIpc) is 2.46. The van der Waals surface area contributed by atoms with Crippen molar-refractivity contribution in [3.05, 3.63) is 58.1 Å². The molecule has 0 atom stereocenters. The number of nitrogen functional groups attached to an aromatic ring is 1. The van der Waals surface area contributed by atoms with Gasteiger partial charge in [0.15, 0.2) is 0 Å². The highest BCUT2D eigenvalue weighted by Gasteiger charge is 2.15. The Hall–Kier alpha value is -1.46. The lowest BCUT2D eigenvalue weighted by Crippen LogP contribution is -2.09. The molecule has 0 aromatic heterocycles. The SMILES string of the molecule is COC(=O)c1c(N)cccc1CSc1ccccc1Br. The maximum Gasteiger partial charge on any atom is 0.340 e. The van der Waals surface area contributed by atoms with E-state index in [1.165, 1.54) is 7.11 Å². The Morgan fingerprint density at radius 1 is 1.25 bits per heavy atom. The zero-order valence-electron chi connectivity index (χ0n) is 10.9. The van der Waals surface area contributed by atoms with Gasteiger partial charge in [-0.1, -0.05) is 24.3 Å². The molecule has 5 heteroatoms. The van der Waals surface area contributed by atoms with Crippen molar-refractivity contribution >= 4 is 39.3 Å². The minimum atomic E-state index is -0.397. The largest absolute Gasteiger partial charge is 0.465 e. The number of halogens is 1. The molecule has 0 fully saturated rings. The quantitative estimate of drug-likeness (QED) is 0.511. The summed E-state index contributed by atoms with van der Waals surface area (Å²) in [6.45, 7) is 0. The minimum absolute atomic E-state index is 0.397. The Morgan fingerprint density at radius 3 is 2.70 bits per heavy atom. The van der Waals surface area contributed by atoms with E-state index in [9.17, 15) is 4.79 Å². The summed E-state index contributed by atoms with van der Waals surface area (Å²) in [4.78, 5) is 12.9. The van der Waals surface area contributed by atoms with Crippen LogP contribution in [0.1, 0.15) is 15.9 Å². The minimum Gasteiger partial charge on any atom is -0.465 e. The van der Waals surface area contributed by atoms with Crippen LogP contribution in [0.3, 0.4) is 0 Å². The molecule has 0 spiro atoms. The van der Waals surface area contributed by atoms with E-state index in [4.69, 9.17) is 10.5 Å². The first-order valence-electron chi connectivity index (χ1n) is 5.96. The van der Waals surface area contributed by atoms with Gasteiger partial charge in [-0.3, -0.25) is 0 Å². The molecular formula is C15H14BrNO2S. The van der Waals surface area contributed by atoms with Crippen LogP contribution in [0.4, 0.5) is 5.69 Å². The van der Waals surface area contributed by atoms with Crippen molar-refractivity contribution in [1.82, 2.24) is 0 Å². The molecule has 0 aliphatic carbocycles. The third-order valence-electron chi connectivity index (χ3n) is 2.79. The second-order valence-electron chi connectivity index (χ2n) is 4.09. The summed E-state index contributed by atoms with van der Waals surface area (Å²) in [5.74, 6) is 0.253. The molecule has 104 valence electrons. The van der Waals surface area contributed by atoms with Crippen molar-refractivity contribution in [3.63, 3.8) is 0 Å². The maximum absolute atomic E-state index is 11.8. The fourth-order valence-corrected chi connectivity index (χ4v) is 3.37. The van der Waals surface area contributed by atoms with Gasteiger partial charge in [-0.25, -0.2) is 4.79 Å². The van der Waals surface area contributed by atoms with E-state index in [1.807, 2.05) is 36.4 Å². The molecule has 0 radical (unpaired) electrons. The normalized spacial score (nSPS) is 10.3. The molecule has 0 aliphatic heterocycles. The van der Waals surface area contributed by atoms with E-state index < -0.39 is 5.97 Å². The molecule has 2 rings (SSSR count). The van der Waals surface area contributed by atoms with E-state index in [0.29, 0.717) is 17.0 Å². The fourth-order valence-electron chi connectivity index (χ4n) is 1.81. The van der Waals surface area contributed by atoms with Gasteiger partial charge < -0.3 is 10.5 Å². The monoisotopic (exact) mass is 351 g/mol. The molecule has 0 amide bonds. The molecule has 3 nitrogen and oxygen atoms in total. The Labute approximate surface area is 130 Å². The van der Waals surface area contributed by atoms with E-state index >= 15 is 0 Å². The molecule has 0 unspecified atom stereocenters. The molecule has 20 heavy (non-hydrogen) atoms. The lowest BCUT2D eigenvalue weighted by Gasteiger charge is -2.10. The Bertz CT molecular complexity index is 631. The maximum atomic E-state index is 11.8. The van der Waals surface area contributed by atoms with Crippen LogP contribution in [0.2, 0.25) is 0 Å². The van der Waals surface area contributed by atoms with Gasteiger partial charge in [-0.05, 0) is 39.7 Å². The molecule has 0 saturated heterocycles. The van der Waals surface area contributed by atoms with Crippen molar-refractivity contribution in [2.75, 3.05) is 12.8 Å². The van der Waals surface area contributed by atoms with Gasteiger partial charge in [0.2, 0.25) is 0 Å². The number of hydrogen-bond donors (Lipinski definition) is 1. The topological polar surface area (TPSA) is 52.3 Å². The number of esters is 1. The van der Waals surface area contributed by atoms with Crippen molar-refractivity contribution < 1.29 is 9.53 Å². The first-order valence-corrected chi connectivity index (χ1v) is 7.74. The van der Waals surface area contributed by atoms with Crippen molar-refractivity contribution in [2.24, 2.45) is 0 Å². The Kier molecular flexibility index (Phi) is 5.09. The van der Waals surface area contributed by atoms with Crippen LogP contribution in [0.25, 0.3) is 0 Å². The predicted octanol–water partition coefficient (Wildman–Crippen LogP) is 4.11. The Morgan fingerprint density at radius 2 is 2.00 bits per heavy atom. The van der Waals surface area contributed by atoms with Crippen molar-refractivity contribution in [3.8, 4) is 0 Å². The molecular weight excluding hydrogens is 338 g/mol. The van der Waals surface area contributed by atoms with Crippen molar-refractivity contribution in [1.29, 1.82) is 0 Å². The second kappa shape index (κ2) is 6.81. The molecule has 0 aliphatic rings. The van der Waals surface area contributed by atoms with Crippen LogP contribution >= 0.6 is 27.7 Å². The highest BCUT2D eigenvalue weighted by atomic mass is 79.9. The molecule has 2 aromatic rings. The first kappa shape index (κ1) is 14.9. The number of carbonyl (C=O) groups excluding carboxylic acids is 1. The van der Waals surface area contributed by atoms with E-state index in [1.54, 1.807) is 17.8 Å². The highest BCUT2D eigenvalue weighted by molar-refractivity contribution is 9.10. The predicted molar refractivity (Wildman–Crippen MR) is 85.9 cm³/mol. The summed E-state index contributed by atoms with van der Waals surface area (Å²) in [5.41, 5.74) is 7.65. The molecule has 2 N–H and O–H groups in total. The van der Waals surface area contributed by atoms with Gasteiger partial charge in [-0.15, -0.1) is 11.8 Å². The summed E-state index contributed by atoms with van der Waals surface area (Å²) in [6.07, 6.45) is 0. The summed E-state index contributed by atoms with van der Waals surface area (Å²) in [5, 5.41) is 0. The van der Waals surface area contributed by atoms with E-state index in [2.05, 4.69) is 15.9 Å². The molecule has 2 aromatic carbocycles. The number of hydrogen-bond acceptors (Lipinski definition) is 4. The standard InChI is InChI=1S/C15H14BrNO2S/c1-19-15(18)14-10(5-4-7-12(14)17)9-20-13-8-3-2-6-11(13)16/h2-8H,9,17H2,1H3. The molecule has 0 heterocycles. The van der Waals surface area contributed by atoms with Crippen LogP contribution < -0.4 is 5.73 Å². The number of anilines is 1. The average molecular weight is 352 g/mol. The number of carbonyl (C=O) groups is 1. The van der Waals surface area contributed by atoms with E-state index in [-0.39, 0.29) is 0 Å². The van der Waals surface area contributed by atoms with Gasteiger partial charge in [0, 0.05) is 20.8 Å². The lowest BCUT2D eigenvalue weighted by molar-refractivity contribution is 0.0601. The number of nitrogens with two attached hydrogens (primary N) is 1. The van der Waals surface area contributed by atoms with Crippen LogP contribution in [0.5, 0.6) is 0 Å². The fraction of sp³-hybridized carbons (Fsp3) is 0.133. The highest BCUT2D eigenvalue weighted by Crippen LogP contribution is 2.31. The summed E-state index contributed by atoms with van der Waals surface area (Å²) < 4.78 is 5.83. The number of rotatable bonds is 4. The molecule has 0 bridgehead atoms. The molecule has 0 saturated carbocycles. The Balaban J connectivity index is 2.24. The van der Waals surface area contributed by atoms with Crippen LogP contribution in [0.15, 0.2) is 51.8 Å². The van der Waals surface area contributed by atoms with Crippen LogP contribution in [-0.4, -0.2) is 13.1 Å². The first-order chi connectivity index (χ1) is 9.63. The zero-order valence-corrected chi connectivity index (χ0v) is 13.3. The smallest absolute Gasteiger partial charge is 0.340 e. The second-order valence-corrected chi connectivity index (χ2v) is 5.96. The van der Waals surface area contributed by atoms with Crippen LogP contribution in [-0.2, 0) is 10.5 Å². The number of methoxy groups -OCH3 is 1. The number of benzene rings is 2. The van der Waals surface area contributed by atoms with Gasteiger partial charge in [-0.2, -0.15) is 0 Å². The third-order valence-corrected chi connectivity index (χ3v) is 4.87. The third kappa shape index (κ3) is 3.35. The summed E-state index contributed by atoms with van der Waals surface area (Å²) in [6, 6.07) is 13.4. The van der Waals surface area contributed by atoms with Crippen LogP contribution in [0, 0.1) is 0 Å². The van der Waals surface area contributed by atoms with Gasteiger partial charge in [0.05, 0.1) is 12.7 Å². The van der Waals surface area contributed by atoms with Gasteiger partial charge >= 0.3 is 5.97 Å². The zero-order chi connectivity index (χ0) is 14.5. The lowest BCUT2D eigenvalue weighted by atomic mass is 10.1. The summed E-state index contributed by atoms with van der Waals surface area (Å²) >= 11 is 5.15. The van der Waals surface area contributed by atoms with Gasteiger partial charge in [0.1, 0.15) is 0 Å². The number of ether oxygens (including phenoxy) is 1. The van der Waals surface area contributed by atoms with E-state index in [0.717, 1.165) is 14.9 Å². The summed E-state index contributed by atoms with van der Waals surface area (Å²) in [7, 11) is 1.36. The number of thioether (sulfide) groups is 1. The van der Waals surface area contributed by atoms with Crippen molar-refractivity contribution in [2.45, 2.75) is 10.6 Å². The van der Waals surface area contributed by atoms with Gasteiger partial charge in [0.25, 0.3) is 0 Å².